The summed E-state index contributed by atoms with van der Waals surface area (Å²) < 4.78 is 7.68. The number of hydrogen-bond donors (Lipinski definition) is 0. The highest BCUT2D eigenvalue weighted by molar-refractivity contribution is 6.00. The van der Waals surface area contributed by atoms with Crippen molar-refractivity contribution in [1.29, 1.82) is 0 Å². The van der Waals surface area contributed by atoms with E-state index in [4.69, 9.17) is 0 Å². The van der Waals surface area contributed by atoms with Crippen LogP contribution in [0.4, 0.5) is 0 Å². The summed E-state index contributed by atoms with van der Waals surface area (Å²) in [6, 6.07) is 0. The summed E-state index contributed by atoms with van der Waals surface area (Å²) in [5.41, 5.74) is -3.76. The minimum absolute atomic E-state index is 0.674. The Hall–Kier alpha value is -2.26. The van der Waals surface area contributed by atoms with Crippen molar-refractivity contribution in [2.24, 2.45) is 0 Å². The van der Waals surface area contributed by atoms with Gasteiger partial charge < -0.3 is 9.47 Å². The molecule has 0 heterocycles. The quantitative estimate of drug-likeness (QED) is 0.185. The van der Waals surface area contributed by atoms with E-state index in [2.05, 4.69) is 9.47 Å². The Morgan fingerprint density at radius 1 is 1.00 bits per heavy atom. The lowest BCUT2D eigenvalue weighted by molar-refractivity contribution is -0.759. The molecule has 0 amide bonds. The highest BCUT2D eigenvalue weighted by atomic mass is 16.7. The summed E-state index contributed by atoms with van der Waals surface area (Å²) in [6.07, 6.45) is 0. The minimum Gasteiger partial charge on any atom is -0.458 e. The third kappa shape index (κ3) is 1.68. The molecule has 0 bridgehead atoms. The fraction of sp³-hybridized carbons (Fsp3) is 0.600. The number of carbonyl (C=O) groups excluding carboxylic acids is 2. The minimum atomic E-state index is -3.76. The van der Waals surface area contributed by atoms with Crippen LogP contribution in [0.1, 0.15) is 0 Å². The zero-order valence-corrected chi connectivity index (χ0v) is 7.66. The number of carbonyl (C=O) groups is 2. The van der Waals surface area contributed by atoms with Crippen molar-refractivity contribution in [2.75, 3.05) is 14.2 Å². The van der Waals surface area contributed by atoms with E-state index in [-0.39, 0.29) is 0 Å². The van der Waals surface area contributed by atoms with Crippen molar-refractivity contribution in [3.63, 3.8) is 0 Å². The molecule has 15 heavy (non-hydrogen) atoms. The summed E-state index contributed by atoms with van der Waals surface area (Å²) in [5.74, 6) is -3.85. The first-order chi connectivity index (χ1) is 6.85. The van der Waals surface area contributed by atoms with E-state index in [0.717, 1.165) is 0 Å². The van der Waals surface area contributed by atoms with E-state index in [1.54, 1.807) is 0 Å². The summed E-state index contributed by atoms with van der Waals surface area (Å²) in [4.78, 5) is 39.3. The molecule has 0 N–H and O–H groups in total. The van der Waals surface area contributed by atoms with Crippen molar-refractivity contribution in [1.82, 2.24) is 0 Å². The van der Waals surface area contributed by atoms with Crippen molar-refractivity contribution in [2.45, 2.75) is 5.66 Å². The van der Waals surface area contributed by atoms with Crippen LogP contribution in [0, 0.1) is 20.2 Å². The lowest BCUT2D eigenvalue weighted by atomic mass is 10.2. The van der Waals surface area contributed by atoms with E-state index >= 15 is 0 Å². The van der Waals surface area contributed by atoms with Gasteiger partial charge in [0.25, 0.3) is 0 Å². The van der Waals surface area contributed by atoms with Crippen LogP contribution in [0.5, 0.6) is 0 Å². The van der Waals surface area contributed by atoms with Gasteiger partial charge in [-0.3, -0.25) is 20.2 Å². The molecule has 0 saturated heterocycles. The topological polar surface area (TPSA) is 139 Å². The van der Waals surface area contributed by atoms with Crippen LogP contribution in [-0.2, 0) is 19.1 Å². The van der Waals surface area contributed by atoms with E-state index < -0.39 is 27.4 Å². The van der Waals surface area contributed by atoms with Gasteiger partial charge >= 0.3 is 17.6 Å². The molecule has 0 aromatic carbocycles. The third-order valence-corrected chi connectivity index (χ3v) is 1.47. The summed E-state index contributed by atoms with van der Waals surface area (Å²) in [7, 11) is 1.35. The Labute approximate surface area is 82.1 Å². The molecule has 0 aromatic heterocycles. The van der Waals surface area contributed by atoms with Crippen LogP contribution in [0.2, 0.25) is 0 Å². The molecule has 0 aromatic rings. The van der Waals surface area contributed by atoms with E-state index in [0.29, 0.717) is 14.2 Å². The van der Waals surface area contributed by atoms with Crippen molar-refractivity contribution in [3.8, 4) is 0 Å². The maximum absolute atomic E-state index is 10.9. The van der Waals surface area contributed by atoms with Gasteiger partial charge in [-0.1, -0.05) is 0 Å². The zero-order chi connectivity index (χ0) is 12.2. The number of methoxy groups -OCH3 is 2. The lowest BCUT2D eigenvalue weighted by Crippen LogP contribution is -2.60. The second kappa shape index (κ2) is 4.30. The number of ether oxygens (including phenoxy) is 2. The first-order valence-corrected chi connectivity index (χ1v) is 3.31. The van der Waals surface area contributed by atoms with Gasteiger partial charge in [0.05, 0.1) is 14.2 Å². The van der Waals surface area contributed by atoms with Crippen LogP contribution in [0.25, 0.3) is 0 Å². The molecule has 0 fully saturated rings. The molecule has 84 valence electrons. The molecule has 0 saturated carbocycles. The highest BCUT2D eigenvalue weighted by Crippen LogP contribution is 2.15. The number of nitrogens with zero attached hydrogens (tertiary/aromatic N) is 2. The molecule has 0 rings (SSSR count). The van der Waals surface area contributed by atoms with Crippen LogP contribution in [0.3, 0.4) is 0 Å². The molecule has 0 aliphatic rings. The maximum Gasteiger partial charge on any atom is 0.649 e. The average Bonchev–Trinajstić information content (AvgIpc) is 2.16. The molecule has 0 atom stereocenters. The van der Waals surface area contributed by atoms with Crippen molar-refractivity contribution >= 4 is 11.9 Å². The molecule has 0 radical (unpaired) electrons. The third-order valence-electron chi connectivity index (χ3n) is 1.47. The van der Waals surface area contributed by atoms with Crippen LogP contribution in [0.15, 0.2) is 0 Å². The van der Waals surface area contributed by atoms with Gasteiger partial charge in [-0.25, -0.2) is 9.59 Å². The smallest absolute Gasteiger partial charge is 0.458 e. The molecular formula is C5H6N2O8. The molecule has 10 nitrogen and oxygen atoms in total. The van der Waals surface area contributed by atoms with Gasteiger partial charge in [-0.2, -0.15) is 0 Å². The average molecular weight is 222 g/mol. The van der Waals surface area contributed by atoms with Crippen molar-refractivity contribution < 1.29 is 28.9 Å². The fourth-order valence-electron chi connectivity index (χ4n) is 0.733. The summed E-state index contributed by atoms with van der Waals surface area (Å²) in [5, 5.41) is 20.9. The van der Waals surface area contributed by atoms with Gasteiger partial charge in [0, 0.05) is 0 Å². The molecule has 0 aliphatic carbocycles. The van der Waals surface area contributed by atoms with Gasteiger partial charge in [-0.05, 0) is 0 Å². The van der Waals surface area contributed by atoms with Gasteiger partial charge in [0.2, 0.25) is 0 Å². The number of esters is 2. The Kier molecular flexibility index (Phi) is 3.65. The first kappa shape index (κ1) is 12.7. The standard InChI is InChI=1S/C5H6N2O8/c1-14-3(8)5(6(10)11,7(12)13)4(9)15-2/h1-2H3. The molecule has 10 heteroatoms. The SMILES string of the molecule is COC(=O)C(C(=O)OC)([N+](=O)[O-])[N+](=O)[O-]. The molecule has 0 unspecified atom stereocenters. The van der Waals surface area contributed by atoms with Gasteiger partial charge in [-0.15, -0.1) is 0 Å². The van der Waals surface area contributed by atoms with Crippen LogP contribution in [-0.4, -0.2) is 41.7 Å². The predicted octanol–water partition coefficient (Wildman–Crippen LogP) is -1.42. The normalized spacial score (nSPS) is 10.3. The van der Waals surface area contributed by atoms with E-state index in [1.807, 2.05) is 0 Å². The zero-order valence-electron chi connectivity index (χ0n) is 7.66. The molecule has 0 spiro atoms. The van der Waals surface area contributed by atoms with Gasteiger partial charge in [0.15, 0.2) is 0 Å². The Morgan fingerprint density at radius 2 is 1.27 bits per heavy atom. The largest absolute Gasteiger partial charge is 0.649 e. The number of rotatable bonds is 4. The molecular weight excluding hydrogens is 216 g/mol. The predicted molar refractivity (Wildman–Crippen MR) is 40.8 cm³/mol. The fourth-order valence-corrected chi connectivity index (χ4v) is 0.733. The van der Waals surface area contributed by atoms with E-state index in [1.165, 1.54) is 0 Å². The maximum atomic E-state index is 10.9. The van der Waals surface area contributed by atoms with E-state index in [9.17, 15) is 29.8 Å². The number of nitro groups is 2. The van der Waals surface area contributed by atoms with Crippen LogP contribution >= 0.6 is 0 Å². The Balaban J connectivity index is 5.70. The second-order valence-corrected chi connectivity index (χ2v) is 2.17. The van der Waals surface area contributed by atoms with Gasteiger partial charge in [0.1, 0.15) is 9.85 Å². The molecule has 0 aliphatic heterocycles. The summed E-state index contributed by atoms with van der Waals surface area (Å²) >= 11 is 0. The Morgan fingerprint density at radius 3 is 1.40 bits per heavy atom. The number of hydrogen-bond acceptors (Lipinski definition) is 8. The lowest BCUT2D eigenvalue weighted by Gasteiger charge is -2.11. The monoisotopic (exact) mass is 222 g/mol. The van der Waals surface area contributed by atoms with Crippen LogP contribution < -0.4 is 0 Å². The second-order valence-electron chi connectivity index (χ2n) is 2.17. The Bertz CT molecular complexity index is 291. The summed E-state index contributed by atoms with van der Waals surface area (Å²) in [6.45, 7) is 0. The first-order valence-electron chi connectivity index (χ1n) is 3.31. The highest BCUT2D eigenvalue weighted by Gasteiger charge is 2.75. The van der Waals surface area contributed by atoms with Crippen molar-refractivity contribution in [3.05, 3.63) is 20.2 Å².